The lowest BCUT2D eigenvalue weighted by Gasteiger charge is -2.13. The molecule has 0 radical (unpaired) electrons. The molecule has 0 bridgehead atoms. The molecular weight excluding hydrogens is 408 g/mol. The molecule has 0 unspecified atom stereocenters. The quantitative estimate of drug-likeness (QED) is 0.339. The van der Waals surface area contributed by atoms with E-state index in [-0.39, 0.29) is 27.3 Å². The van der Waals surface area contributed by atoms with E-state index in [1.165, 1.54) is 24.3 Å². The van der Waals surface area contributed by atoms with Crippen LogP contribution in [0.5, 0.6) is 17.2 Å². The molecule has 0 saturated heterocycles. The van der Waals surface area contributed by atoms with E-state index in [0.29, 0.717) is 17.9 Å². The molecule has 0 aliphatic rings. The highest BCUT2D eigenvalue weighted by molar-refractivity contribution is 6.37. The van der Waals surface area contributed by atoms with Crippen LogP contribution in [0.15, 0.2) is 54.6 Å². The lowest BCUT2D eigenvalue weighted by Crippen LogP contribution is -1.96. The third-order valence-corrected chi connectivity index (χ3v) is 4.53. The van der Waals surface area contributed by atoms with E-state index >= 15 is 0 Å². The van der Waals surface area contributed by atoms with Crippen molar-refractivity contribution in [1.29, 1.82) is 0 Å². The third-order valence-electron chi connectivity index (χ3n) is 3.97. The van der Waals surface area contributed by atoms with E-state index in [9.17, 15) is 14.5 Å². The Labute approximate surface area is 170 Å². The Balaban J connectivity index is 1.91. The number of hydrogen-bond donors (Lipinski definition) is 0. The van der Waals surface area contributed by atoms with Gasteiger partial charge < -0.3 is 9.47 Å². The summed E-state index contributed by atoms with van der Waals surface area (Å²) in [5.41, 5.74) is 1.47. The Hall–Kier alpha value is -2.83. The maximum absolute atomic E-state index is 13.1. The Morgan fingerprint density at radius 1 is 1.04 bits per heavy atom. The van der Waals surface area contributed by atoms with Crippen LogP contribution in [0.4, 0.5) is 10.1 Å². The van der Waals surface area contributed by atoms with Gasteiger partial charge in [-0.15, -0.1) is 0 Å². The van der Waals surface area contributed by atoms with E-state index in [1.807, 2.05) is 0 Å². The molecule has 144 valence electrons. The first-order chi connectivity index (χ1) is 13.4. The zero-order valence-electron chi connectivity index (χ0n) is 14.6. The summed E-state index contributed by atoms with van der Waals surface area (Å²) in [6, 6.07) is 13.6. The predicted octanol–water partition coefficient (Wildman–Crippen LogP) is 6.43. The summed E-state index contributed by atoms with van der Waals surface area (Å²) >= 11 is 12.2. The number of rotatable bonds is 6. The number of hydrogen-bond acceptors (Lipinski definition) is 4. The second kappa shape index (κ2) is 8.46. The molecule has 0 N–H and O–H groups in total. The number of methoxy groups -OCH3 is 1. The minimum atomic E-state index is -0.588. The van der Waals surface area contributed by atoms with Crippen LogP contribution < -0.4 is 9.47 Å². The highest BCUT2D eigenvalue weighted by Crippen LogP contribution is 2.40. The fourth-order valence-corrected chi connectivity index (χ4v) is 3.20. The van der Waals surface area contributed by atoms with Gasteiger partial charge in [-0.2, -0.15) is 0 Å². The van der Waals surface area contributed by atoms with Crippen molar-refractivity contribution in [3.8, 4) is 17.2 Å². The zero-order valence-corrected chi connectivity index (χ0v) is 16.1. The Bertz CT molecular complexity index is 1000. The first-order valence-corrected chi connectivity index (χ1v) is 8.85. The van der Waals surface area contributed by atoms with Crippen molar-refractivity contribution >= 4 is 28.9 Å². The standard InChI is InChI=1S/C20H14Cl2FNO4/c1-27-19-7-6-16(9-13(19)8-12-2-4-14(23)5-3-12)28-20-17(21)10-15(24(25)26)11-18(20)22/h2-7,9-11H,8H2,1H3. The van der Waals surface area contributed by atoms with Crippen LogP contribution >= 0.6 is 23.2 Å². The maximum atomic E-state index is 13.1. The molecule has 3 aromatic rings. The molecule has 8 heteroatoms. The van der Waals surface area contributed by atoms with E-state index < -0.39 is 4.92 Å². The second-order valence-electron chi connectivity index (χ2n) is 5.87. The van der Waals surface area contributed by atoms with E-state index in [4.69, 9.17) is 32.7 Å². The van der Waals surface area contributed by atoms with Gasteiger partial charge in [-0.05, 0) is 35.9 Å². The molecule has 0 aromatic heterocycles. The molecule has 0 heterocycles. The van der Waals surface area contributed by atoms with Crippen LogP contribution in [-0.2, 0) is 6.42 Å². The maximum Gasteiger partial charge on any atom is 0.272 e. The molecule has 0 saturated carbocycles. The lowest BCUT2D eigenvalue weighted by molar-refractivity contribution is -0.384. The van der Waals surface area contributed by atoms with Gasteiger partial charge >= 0.3 is 0 Å². The summed E-state index contributed by atoms with van der Waals surface area (Å²) in [4.78, 5) is 10.3. The fraction of sp³-hybridized carbons (Fsp3) is 0.100. The molecule has 0 atom stereocenters. The number of nitro groups is 1. The Kier molecular flexibility index (Phi) is 6.02. The topological polar surface area (TPSA) is 61.6 Å². The van der Waals surface area contributed by atoms with Crippen LogP contribution in [0, 0.1) is 15.9 Å². The number of nitrogens with zero attached hydrogens (tertiary/aromatic N) is 1. The van der Waals surface area contributed by atoms with E-state index in [2.05, 4.69) is 0 Å². The summed E-state index contributed by atoms with van der Waals surface area (Å²) in [5, 5.41) is 10.9. The zero-order chi connectivity index (χ0) is 20.3. The summed E-state index contributed by atoms with van der Waals surface area (Å²) in [7, 11) is 1.55. The van der Waals surface area contributed by atoms with E-state index in [0.717, 1.165) is 11.1 Å². The largest absolute Gasteiger partial charge is 0.496 e. The monoisotopic (exact) mass is 421 g/mol. The molecule has 0 aliphatic heterocycles. The van der Waals surface area contributed by atoms with Gasteiger partial charge in [0.15, 0.2) is 5.75 Å². The van der Waals surface area contributed by atoms with Gasteiger partial charge in [0.25, 0.3) is 5.69 Å². The van der Waals surface area contributed by atoms with Gasteiger partial charge in [0.2, 0.25) is 0 Å². The number of ether oxygens (including phenoxy) is 2. The molecule has 0 amide bonds. The van der Waals surface area contributed by atoms with Crippen LogP contribution in [-0.4, -0.2) is 12.0 Å². The van der Waals surface area contributed by atoms with Crippen molar-refractivity contribution in [1.82, 2.24) is 0 Å². The van der Waals surface area contributed by atoms with Gasteiger partial charge in [0.1, 0.15) is 17.3 Å². The van der Waals surface area contributed by atoms with Crippen molar-refractivity contribution < 1.29 is 18.8 Å². The summed E-state index contributed by atoms with van der Waals surface area (Å²) in [5.74, 6) is 0.871. The fourth-order valence-electron chi connectivity index (χ4n) is 2.65. The molecule has 3 rings (SSSR count). The number of benzene rings is 3. The molecule has 0 fully saturated rings. The molecule has 0 aliphatic carbocycles. The van der Waals surface area contributed by atoms with Crippen LogP contribution in [0.3, 0.4) is 0 Å². The van der Waals surface area contributed by atoms with Crippen molar-refractivity contribution in [2.45, 2.75) is 6.42 Å². The minimum absolute atomic E-state index is 0.0232. The summed E-state index contributed by atoms with van der Waals surface area (Å²) < 4.78 is 24.3. The van der Waals surface area contributed by atoms with Crippen molar-refractivity contribution in [3.63, 3.8) is 0 Å². The van der Waals surface area contributed by atoms with Crippen molar-refractivity contribution in [3.05, 3.63) is 91.7 Å². The van der Waals surface area contributed by atoms with Crippen LogP contribution in [0.25, 0.3) is 0 Å². The summed E-state index contributed by atoms with van der Waals surface area (Å²) in [6.45, 7) is 0. The van der Waals surface area contributed by atoms with Crippen molar-refractivity contribution in [2.24, 2.45) is 0 Å². The third kappa shape index (κ3) is 4.52. The number of non-ortho nitro benzene ring substituents is 1. The molecule has 28 heavy (non-hydrogen) atoms. The van der Waals surface area contributed by atoms with Gasteiger partial charge in [0, 0.05) is 24.1 Å². The number of halogens is 3. The van der Waals surface area contributed by atoms with Crippen molar-refractivity contribution in [2.75, 3.05) is 7.11 Å². The number of nitro benzene ring substituents is 1. The second-order valence-corrected chi connectivity index (χ2v) is 6.69. The molecule has 0 spiro atoms. The SMILES string of the molecule is COc1ccc(Oc2c(Cl)cc([N+](=O)[O-])cc2Cl)cc1Cc1ccc(F)cc1. The van der Waals surface area contributed by atoms with Gasteiger partial charge in [-0.25, -0.2) is 4.39 Å². The average Bonchev–Trinajstić information content (AvgIpc) is 2.66. The highest BCUT2D eigenvalue weighted by atomic mass is 35.5. The normalized spacial score (nSPS) is 10.6. The highest BCUT2D eigenvalue weighted by Gasteiger charge is 2.17. The first-order valence-electron chi connectivity index (χ1n) is 8.10. The molecule has 3 aromatic carbocycles. The Morgan fingerprint density at radius 2 is 1.68 bits per heavy atom. The molecule has 5 nitrogen and oxygen atoms in total. The van der Waals surface area contributed by atoms with E-state index in [1.54, 1.807) is 37.4 Å². The molecular formula is C20H14Cl2FNO4. The lowest BCUT2D eigenvalue weighted by atomic mass is 10.0. The smallest absolute Gasteiger partial charge is 0.272 e. The van der Waals surface area contributed by atoms with Gasteiger partial charge in [0.05, 0.1) is 22.1 Å². The average molecular weight is 422 g/mol. The Morgan fingerprint density at radius 3 is 2.25 bits per heavy atom. The summed E-state index contributed by atoms with van der Waals surface area (Å²) in [6.07, 6.45) is 0.488. The van der Waals surface area contributed by atoms with Crippen LogP contribution in [0.2, 0.25) is 10.0 Å². The van der Waals surface area contributed by atoms with Gasteiger partial charge in [-0.3, -0.25) is 10.1 Å². The predicted molar refractivity (Wildman–Crippen MR) is 105 cm³/mol. The van der Waals surface area contributed by atoms with Crippen LogP contribution in [0.1, 0.15) is 11.1 Å². The minimum Gasteiger partial charge on any atom is -0.496 e. The first kappa shape index (κ1) is 19.9. The van der Waals surface area contributed by atoms with Gasteiger partial charge in [-0.1, -0.05) is 35.3 Å².